The summed E-state index contributed by atoms with van der Waals surface area (Å²) in [6, 6.07) is 0. The number of esters is 1. The summed E-state index contributed by atoms with van der Waals surface area (Å²) < 4.78 is 5.28. The quantitative estimate of drug-likeness (QED) is 0.774. The summed E-state index contributed by atoms with van der Waals surface area (Å²) in [6.45, 7) is 2.38. The lowest BCUT2D eigenvalue weighted by molar-refractivity contribution is -0.172. The zero-order valence-corrected chi connectivity index (χ0v) is 11.2. The Morgan fingerprint density at radius 2 is 1.88 bits per heavy atom. The largest absolute Gasteiger partial charge is 0.466 e. The van der Waals surface area contributed by atoms with Crippen molar-refractivity contribution in [2.75, 3.05) is 6.61 Å². The first-order valence-corrected chi connectivity index (χ1v) is 6.51. The van der Waals surface area contributed by atoms with Crippen molar-refractivity contribution in [2.45, 2.75) is 51.0 Å². The Bertz CT molecular complexity index is 317. The van der Waals surface area contributed by atoms with Gasteiger partial charge in [-0.3, -0.25) is 4.79 Å². The van der Waals surface area contributed by atoms with E-state index < -0.39 is 0 Å². The first-order valence-electron chi connectivity index (χ1n) is 6.51. The van der Waals surface area contributed by atoms with Crippen molar-refractivity contribution < 1.29 is 9.53 Å². The maximum atomic E-state index is 12.2. The molecule has 0 aromatic rings. The van der Waals surface area contributed by atoms with Gasteiger partial charge in [-0.25, -0.2) is 0 Å². The van der Waals surface area contributed by atoms with Gasteiger partial charge in [0, 0.05) is 5.54 Å². The molecule has 98 valence electrons. The van der Waals surface area contributed by atoms with Crippen LogP contribution in [0.15, 0.2) is 0 Å². The van der Waals surface area contributed by atoms with E-state index in [2.05, 4.69) is 0 Å². The van der Waals surface area contributed by atoms with Crippen LogP contribution in [0, 0.1) is 17.3 Å². The topological polar surface area (TPSA) is 52.3 Å². The number of nitrogens with two attached hydrogens (primary N) is 1. The third-order valence-electron chi connectivity index (χ3n) is 4.81. The van der Waals surface area contributed by atoms with E-state index in [9.17, 15) is 4.79 Å². The number of hydrogen-bond donors (Lipinski definition) is 1. The minimum absolute atomic E-state index is 0. The van der Waals surface area contributed by atoms with Gasteiger partial charge in [-0.1, -0.05) is 0 Å². The molecule has 0 aromatic heterocycles. The van der Waals surface area contributed by atoms with Crippen LogP contribution in [-0.4, -0.2) is 18.1 Å². The molecule has 4 rings (SSSR count). The van der Waals surface area contributed by atoms with E-state index in [1.807, 2.05) is 6.92 Å². The molecule has 2 N–H and O–H groups in total. The lowest BCUT2D eigenvalue weighted by Crippen LogP contribution is -2.62. The third-order valence-corrected chi connectivity index (χ3v) is 4.81. The Kier molecular flexibility index (Phi) is 3.20. The standard InChI is InChI=1S/C13H21NO2.ClH/c1-2-16-11(15)12-4-9-3-10(5-12)7-13(14,6-9)8-12;/h9-10H,2-8,14H2,1H3;1H. The molecule has 3 nitrogen and oxygen atoms in total. The number of rotatable bonds is 2. The Morgan fingerprint density at radius 3 is 2.35 bits per heavy atom. The highest BCUT2D eigenvalue weighted by Gasteiger charge is 2.59. The van der Waals surface area contributed by atoms with Crippen LogP contribution in [0.1, 0.15) is 45.4 Å². The van der Waals surface area contributed by atoms with Crippen LogP contribution >= 0.6 is 12.4 Å². The smallest absolute Gasteiger partial charge is 0.312 e. The highest BCUT2D eigenvalue weighted by Crippen LogP contribution is 2.61. The van der Waals surface area contributed by atoms with Gasteiger partial charge in [0.1, 0.15) is 0 Å². The second kappa shape index (κ2) is 4.13. The van der Waals surface area contributed by atoms with Crippen molar-refractivity contribution >= 4 is 18.4 Å². The zero-order valence-electron chi connectivity index (χ0n) is 10.4. The molecule has 17 heavy (non-hydrogen) atoms. The summed E-state index contributed by atoms with van der Waals surface area (Å²) in [5.41, 5.74) is 6.16. The molecule has 0 spiro atoms. The fourth-order valence-electron chi connectivity index (χ4n) is 4.86. The molecule has 0 saturated heterocycles. The van der Waals surface area contributed by atoms with Crippen molar-refractivity contribution in [1.29, 1.82) is 0 Å². The minimum atomic E-state index is -0.213. The summed E-state index contributed by atoms with van der Waals surface area (Å²) >= 11 is 0. The minimum Gasteiger partial charge on any atom is -0.466 e. The van der Waals surface area contributed by atoms with Gasteiger partial charge in [0.15, 0.2) is 0 Å². The summed E-state index contributed by atoms with van der Waals surface area (Å²) in [7, 11) is 0. The average Bonchev–Trinajstić information content (AvgIpc) is 2.13. The van der Waals surface area contributed by atoms with E-state index in [4.69, 9.17) is 10.5 Å². The lowest BCUT2D eigenvalue weighted by atomic mass is 9.47. The van der Waals surface area contributed by atoms with Gasteiger partial charge >= 0.3 is 5.97 Å². The van der Waals surface area contributed by atoms with Gasteiger partial charge in [0.05, 0.1) is 12.0 Å². The second-order valence-electron chi connectivity index (χ2n) is 6.32. The van der Waals surface area contributed by atoms with E-state index in [0.717, 1.165) is 32.1 Å². The van der Waals surface area contributed by atoms with E-state index in [1.165, 1.54) is 6.42 Å². The van der Waals surface area contributed by atoms with Crippen LogP contribution in [-0.2, 0) is 9.53 Å². The maximum Gasteiger partial charge on any atom is 0.312 e. The maximum absolute atomic E-state index is 12.2. The number of ether oxygens (including phenoxy) is 1. The van der Waals surface area contributed by atoms with E-state index in [1.54, 1.807) is 0 Å². The Labute approximate surface area is 109 Å². The lowest BCUT2D eigenvalue weighted by Gasteiger charge is -2.59. The Morgan fingerprint density at radius 1 is 1.29 bits per heavy atom. The Balaban J connectivity index is 0.00000108. The average molecular weight is 260 g/mol. The molecule has 4 bridgehead atoms. The van der Waals surface area contributed by atoms with Crippen LogP contribution in [0.5, 0.6) is 0 Å². The van der Waals surface area contributed by atoms with Crippen molar-refractivity contribution in [3.05, 3.63) is 0 Å². The third kappa shape index (κ3) is 1.97. The normalized spacial score (nSPS) is 46.5. The summed E-state index contributed by atoms with van der Waals surface area (Å²) in [5.74, 6) is 1.38. The SMILES string of the molecule is CCOC(=O)C12CC3CC(CC(N)(C3)C1)C2.Cl. The van der Waals surface area contributed by atoms with E-state index in [0.29, 0.717) is 18.4 Å². The molecule has 0 aliphatic heterocycles. The van der Waals surface area contributed by atoms with Gasteiger partial charge in [0.25, 0.3) is 0 Å². The molecule has 0 heterocycles. The Hall–Kier alpha value is -0.280. The van der Waals surface area contributed by atoms with Crippen molar-refractivity contribution in [1.82, 2.24) is 0 Å². The van der Waals surface area contributed by atoms with Crippen LogP contribution in [0.2, 0.25) is 0 Å². The van der Waals surface area contributed by atoms with Gasteiger partial charge < -0.3 is 10.5 Å². The summed E-state index contributed by atoms with van der Waals surface area (Å²) in [5, 5.41) is 0. The fraction of sp³-hybridized carbons (Fsp3) is 0.923. The van der Waals surface area contributed by atoms with Crippen molar-refractivity contribution in [3.63, 3.8) is 0 Å². The number of halogens is 1. The molecule has 2 unspecified atom stereocenters. The predicted molar refractivity (Wildman–Crippen MR) is 67.9 cm³/mol. The van der Waals surface area contributed by atoms with Gasteiger partial charge in [-0.15, -0.1) is 12.4 Å². The number of carbonyl (C=O) groups excluding carboxylic acids is 1. The highest BCUT2D eigenvalue weighted by atomic mass is 35.5. The second-order valence-corrected chi connectivity index (χ2v) is 6.32. The molecule has 4 saturated carbocycles. The molecule has 4 aliphatic carbocycles. The van der Waals surface area contributed by atoms with E-state index in [-0.39, 0.29) is 29.3 Å². The van der Waals surface area contributed by atoms with Crippen LogP contribution in [0.4, 0.5) is 0 Å². The molecule has 4 aliphatic rings. The summed E-state index contributed by atoms with van der Waals surface area (Å²) in [4.78, 5) is 12.2. The van der Waals surface area contributed by atoms with Crippen molar-refractivity contribution in [2.24, 2.45) is 23.0 Å². The highest BCUT2D eigenvalue weighted by molar-refractivity contribution is 5.85. The van der Waals surface area contributed by atoms with E-state index >= 15 is 0 Å². The molecule has 4 fully saturated rings. The van der Waals surface area contributed by atoms with Crippen LogP contribution < -0.4 is 5.73 Å². The molecule has 2 atom stereocenters. The monoisotopic (exact) mass is 259 g/mol. The molecule has 0 radical (unpaired) electrons. The molecule has 0 aromatic carbocycles. The van der Waals surface area contributed by atoms with Gasteiger partial charge in [-0.05, 0) is 57.3 Å². The first kappa shape index (κ1) is 13.2. The molecular formula is C13H22ClNO2. The number of hydrogen-bond acceptors (Lipinski definition) is 3. The first-order chi connectivity index (χ1) is 7.55. The van der Waals surface area contributed by atoms with Crippen LogP contribution in [0.25, 0.3) is 0 Å². The van der Waals surface area contributed by atoms with Gasteiger partial charge in [0.2, 0.25) is 0 Å². The zero-order chi connectivity index (χ0) is 11.4. The number of carbonyl (C=O) groups is 1. The molecular weight excluding hydrogens is 238 g/mol. The van der Waals surface area contributed by atoms with Gasteiger partial charge in [-0.2, -0.15) is 0 Å². The predicted octanol–water partition coefficient (Wildman–Crippen LogP) is 2.27. The fourth-order valence-corrected chi connectivity index (χ4v) is 4.86. The van der Waals surface area contributed by atoms with Crippen molar-refractivity contribution in [3.8, 4) is 0 Å². The summed E-state index contributed by atoms with van der Waals surface area (Å²) in [6.07, 6.45) is 6.48. The molecule has 4 heteroatoms. The molecule has 0 amide bonds. The van der Waals surface area contributed by atoms with Crippen LogP contribution in [0.3, 0.4) is 0 Å².